The van der Waals surface area contributed by atoms with E-state index in [0.29, 0.717) is 28.2 Å². The van der Waals surface area contributed by atoms with Crippen molar-refractivity contribution in [2.75, 3.05) is 7.11 Å². The summed E-state index contributed by atoms with van der Waals surface area (Å²) in [5.74, 6) is 0.978. The summed E-state index contributed by atoms with van der Waals surface area (Å²) >= 11 is 0. The van der Waals surface area contributed by atoms with Crippen molar-refractivity contribution in [3.63, 3.8) is 0 Å². The Hall–Kier alpha value is -4.32. The smallest absolute Gasteiger partial charge is 0.343 e. The topological polar surface area (TPSA) is 66.8 Å². The van der Waals surface area contributed by atoms with Crippen molar-refractivity contribution < 1.29 is 23.8 Å². The first kappa shape index (κ1) is 21.5. The maximum atomic E-state index is 13.1. The lowest BCUT2D eigenvalue weighted by Gasteiger charge is -2.08. The third kappa shape index (κ3) is 3.73. The van der Waals surface area contributed by atoms with Crippen LogP contribution in [0.15, 0.2) is 66.6 Å². The van der Waals surface area contributed by atoms with E-state index < -0.39 is 5.97 Å². The molecule has 5 rings (SSSR count). The van der Waals surface area contributed by atoms with Gasteiger partial charge < -0.3 is 18.8 Å². The third-order valence-corrected chi connectivity index (χ3v) is 5.96. The molecule has 0 unspecified atom stereocenters. The summed E-state index contributed by atoms with van der Waals surface area (Å²) in [5.41, 5.74) is 4.51. The van der Waals surface area contributed by atoms with Gasteiger partial charge in [0.2, 0.25) is 5.78 Å². The Bertz CT molecular complexity index is 1490. The number of hydrogen-bond acceptors (Lipinski definition) is 5. The molecule has 1 aliphatic rings. The van der Waals surface area contributed by atoms with Crippen LogP contribution in [-0.2, 0) is 7.05 Å². The van der Waals surface area contributed by atoms with Gasteiger partial charge >= 0.3 is 5.97 Å². The highest BCUT2D eigenvalue weighted by Gasteiger charge is 2.30. The molecule has 0 saturated heterocycles. The van der Waals surface area contributed by atoms with Crippen LogP contribution in [0.2, 0.25) is 0 Å². The van der Waals surface area contributed by atoms with Gasteiger partial charge in [0.25, 0.3) is 0 Å². The number of methoxy groups -OCH3 is 1. The molecule has 0 saturated carbocycles. The van der Waals surface area contributed by atoms with Crippen LogP contribution in [0.5, 0.6) is 17.2 Å². The van der Waals surface area contributed by atoms with E-state index in [0.717, 1.165) is 27.8 Å². The first-order valence-electron chi connectivity index (χ1n) is 10.8. The molecule has 0 spiro atoms. The van der Waals surface area contributed by atoms with Crippen LogP contribution in [0.1, 0.15) is 37.4 Å². The molecule has 0 N–H and O–H groups in total. The van der Waals surface area contributed by atoms with E-state index in [1.54, 1.807) is 44.4 Å². The van der Waals surface area contributed by atoms with Crippen molar-refractivity contribution in [3.05, 3.63) is 94.4 Å². The largest absolute Gasteiger partial charge is 0.497 e. The molecule has 0 fully saturated rings. The van der Waals surface area contributed by atoms with Crippen molar-refractivity contribution in [2.45, 2.75) is 13.8 Å². The number of carbonyl (C=O) groups excluding carboxylic acids is 2. The van der Waals surface area contributed by atoms with Gasteiger partial charge in [0, 0.05) is 35.8 Å². The van der Waals surface area contributed by atoms with E-state index in [2.05, 4.69) is 0 Å². The van der Waals surface area contributed by atoms with Crippen LogP contribution < -0.4 is 14.2 Å². The fourth-order valence-electron chi connectivity index (χ4n) is 4.18. The number of ketones is 1. The van der Waals surface area contributed by atoms with Crippen LogP contribution >= 0.6 is 0 Å². The van der Waals surface area contributed by atoms with Crippen molar-refractivity contribution in [1.29, 1.82) is 0 Å². The molecule has 170 valence electrons. The second kappa shape index (κ2) is 8.23. The molecule has 0 bridgehead atoms. The van der Waals surface area contributed by atoms with E-state index in [4.69, 9.17) is 14.2 Å². The number of fused-ring (bicyclic) bond motifs is 2. The average molecular weight is 453 g/mol. The van der Waals surface area contributed by atoms with Crippen molar-refractivity contribution >= 4 is 28.7 Å². The molecule has 3 aromatic carbocycles. The lowest BCUT2D eigenvalue weighted by Crippen LogP contribution is -2.08. The van der Waals surface area contributed by atoms with Gasteiger partial charge in [0.1, 0.15) is 17.2 Å². The predicted molar refractivity (Wildman–Crippen MR) is 130 cm³/mol. The zero-order valence-corrected chi connectivity index (χ0v) is 19.3. The molecular weight excluding hydrogens is 430 g/mol. The molecule has 1 aliphatic heterocycles. The Morgan fingerprint density at radius 1 is 1.00 bits per heavy atom. The van der Waals surface area contributed by atoms with Gasteiger partial charge in [-0.25, -0.2) is 4.79 Å². The quantitative estimate of drug-likeness (QED) is 0.227. The summed E-state index contributed by atoms with van der Waals surface area (Å²) in [6.07, 6.45) is 3.68. The molecule has 2 heterocycles. The zero-order valence-electron chi connectivity index (χ0n) is 19.3. The highest BCUT2D eigenvalue weighted by atomic mass is 16.5. The first-order chi connectivity index (χ1) is 16.3. The highest BCUT2D eigenvalue weighted by molar-refractivity contribution is 6.16. The first-order valence-corrected chi connectivity index (χ1v) is 10.8. The van der Waals surface area contributed by atoms with Gasteiger partial charge in [-0.3, -0.25) is 4.79 Å². The van der Waals surface area contributed by atoms with Crippen LogP contribution in [0.25, 0.3) is 17.0 Å². The number of esters is 1. The minimum absolute atomic E-state index is 0.205. The number of benzene rings is 3. The van der Waals surface area contributed by atoms with Crippen LogP contribution in [0, 0.1) is 13.8 Å². The number of allylic oxidation sites excluding steroid dienone is 1. The summed E-state index contributed by atoms with van der Waals surface area (Å²) in [7, 11) is 3.57. The molecule has 6 nitrogen and oxygen atoms in total. The van der Waals surface area contributed by atoms with Crippen LogP contribution in [0.3, 0.4) is 0 Å². The SMILES string of the molecule is COc1ccc2c(c1)c(/C=C1\Oc3cc(OC(=O)c4ccc(C)cc4)cc(C)c3C1=O)cn2C. The van der Waals surface area contributed by atoms with E-state index in [9.17, 15) is 9.59 Å². The lowest BCUT2D eigenvalue weighted by molar-refractivity contribution is 0.0734. The Morgan fingerprint density at radius 2 is 1.76 bits per heavy atom. The fraction of sp³-hybridized carbons (Fsp3) is 0.143. The van der Waals surface area contributed by atoms with Gasteiger partial charge in [-0.2, -0.15) is 0 Å². The lowest BCUT2D eigenvalue weighted by atomic mass is 10.0. The number of Topliss-reactive ketones (excluding diaryl/α,β-unsaturated/α-hetero) is 1. The van der Waals surface area contributed by atoms with Crippen molar-refractivity contribution in [2.24, 2.45) is 7.05 Å². The predicted octanol–water partition coefficient (Wildman–Crippen LogP) is 5.64. The number of hydrogen-bond donors (Lipinski definition) is 0. The summed E-state index contributed by atoms with van der Waals surface area (Å²) in [6.45, 7) is 3.75. The van der Waals surface area contributed by atoms with Gasteiger partial charge in [-0.1, -0.05) is 17.7 Å². The molecule has 0 atom stereocenters. The van der Waals surface area contributed by atoms with E-state index in [1.165, 1.54) is 0 Å². The van der Waals surface area contributed by atoms with Crippen LogP contribution in [0.4, 0.5) is 0 Å². The number of rotatable bonds is 4. The highest BCUT2D eigenvalue weighted by Crippen LogP contribution is 2.38. The standard InChI is InChI=1S/C28H23NO5/c1-16-5-7-18(8-6-16)28(31)33-21-11-17(2)26-24(14-21)34-25(27(26)30)12-19-15-29(3)23-10-9-20(32-4)13-22(19)23/h5-15H,1-4H3/b25-12-. The molecule has 4 aromatic rings. The van der Waals surface area contributed by atoms with E-state index in [1.807, 2.05) is 55.1 Å². The number of nitrogens with zero attached hydrogens (tertiary/aromatic N) is 1. The van der Waals surface area contributed by atoms with Gasteiger partial charge in [-0.05, 0) is 61.9 Å². The molecule has 0 amide bonds. The zero-order chi connectivity index (χ0) is 24.0. The molecule has 0 radical (unpaired) electrons. The Kier molecular flexibility index (Phi) is 5.21. The van der Waals surface area contributed by atoms with Crippen LogP contribution in [-0.4, -0.2) is 23.4 Å². The maximum Gasteiger partial charge on any atom is 0.343 e. The van der Waals surface area contributed by atoms with Gasteiger partial charge in [-0.15, -0.1) is 0 Å². The van der Waals surface area contributed by atoms with Gasteiger partial charge in [0.15, 0.2) is 5.76 Å². The summed E-state index contributed by atoms with van der Waals surface area (Å²) in [6, 6.07) is 16.2. The summed E-state index contributed by atoms with van der Waals surface area (Å²) < 4.78 is 18.8. The normalized spacial score (nSPS) is 13.8. The number of aromatic nitrogens is 1. The third-order valence-electron chi connectivity index (χ3n) is 5.96. The number of carbonyl (C=O) groups is 2. The van der Waals surface area contributed by atoms with E-state index in [-0.39, 0.29) is 11.5 Å². The molecule has 1 aromatic heterocycles. The van der Waals surface area contributed by atoms with Gasteiger partial charge in [0.05, 0.1) is 18.2 Å². The number of aryl methyl sites for hydroxylation is 3. The Balaban J connectivity index is 1.46. The molecule has 6 heteroatoms. The summed E-state index contributed by atoms with van der Waals surface area (Å²) in [4.78, 5) is 25.7. The monoisotopic (exact) mass is 453 g/mol. The van der Waals surface area contributed by atoms with E-state index >= 15 is 0 Å². The molecular formula is C28H23NO5. The summed E-state index contributed by atoms with van der Waals surface area (Å²) in [5, 5.41) is 0.950. The van der Waals surface area contributed by atoms with Crippen molar-refractivity contribution in [3.8, 4) is 17.2 Å². The number of ether oxygens (including phenoxy) is 3. The Labute approximate surface area is 197 Å². The minimum Gasteiger partial charge on any atom is -0.497 e. The second-order valence-corrected chi connectivity index (χ2v) is 8.39. The average Bonchev–Trinajstić information content (AvgIpc) is 3.30. The fourth-order valence-corrected chi connectivity index (χ4v) is 4.18. The maximum absolute atomic E-state index is 13.1. The Morgan fingerprint density at radius 3 is 2.50 bits per heavy atom. The van der Waals surface area contributed by atoms with Crippen molar-refractivity contribution in [1.82, 2.24) is 4.57 Å². The minimum atomic E-state index is -0.468. The molecule has 0 aliphatic carbocycles. The molecule has 34 heavy (non-hydrogen) atoms. The second-order valence-electron chi connectivity index (χ2n) is 8.39.